The molecular formula is C8H13N+. The van der Waals surface area contributed by atoms with E-state index in [0.717, 1.165) is 0 Å². The van der Waals surface area contributed by atoms with Crippen LogP contribution in [0.5, 0.6) is 0 Å². The van der Waals surface area contributed by atoms with Crippen molar-refractivity contribution in [3.8, 4) is 0 Å². The van der Waals surface area contributed by atoms with E-state index >= 15 is 0 Å². The van der Waals surface area contributed by atoms with Crippen molar-refractivity contribution in [2.24, 2.45) is 0 Å². The quantitative estimate of drug-likeness (QED) is 0.432. The molecule has 9 heavy (non-hydrogen) atoms. The van der Waals surface area contributed by atoms with Gasteiger partial charge in [0, 0.05) is 18.6 Å². The zero-order chi connectivity index (χ0) is 7.07. The number of hydrogen-bond acceptors (Lipinski definition) is 0. The van der Waals surface area contributed by atoms with Gasteiger partial charge in [0.25, 0.3) is 0 Å². The van der Waals surface area contributed by atoms with Gasteiger partial charge >= 0.3 is 0 Å². The summed E-state index contributed by atoms with van der Waals surface area (Å²) in [6, 6.07) is 0. The lowest BCUT2D eigenvalue weighted by Gasteiger charge is -2.19. The third-order valence-electron chi connectivity index (χ3n) is 1.73. The molecular weight excluding hydrogens is 110 g/mol. The minimum atomic E-state index is 0.672. The van der Waals surface area contributed by atoms with Crippen molar-refractivity contribution >= 4 is 0 Å². The summed E-state index contributed by atoms with van der Waals surface area (Å²) in [5.74, 6) is 0. The van der Waals surface area contributed by atoms with Crippen molar-refractivity contribution < 1.29 is 4.48 Å². The lowest BCUT2D eigenvalue weighted by Crippen LogP contribution is -2.25. The molecule has 1 nitrogen and oxygen atoms in total. The Balaban J connectivity index is 2.96. The van der Waals surface area contributed by atoms with E-state index in [9.17, 15) is 0 Å². The van der Waals surface area contributed by atoms with Crippen molar-refractivity contribution in [1.29, 1.82) is 0 Å². The molecule has 1 atom stereocenters. The van der Waals surface area contributed by atoms with E-state index in [1.807, 2.05) is 0 Å². The van der Waals surface area contributed by atoms with E-state index < -0.39 is 0 Å². The summed E-state index contributed by atoms with van der Waals surface area (Å²) in [6.07, 6.45) is 4.29. The molecule has 1 aliphatic heterocycles. The van der Waals surface area contributed by atoms with Crippen molar-refractivity contribution in [1.82, 2.24) is 0 Å². The van der Waals surface area contributed by atoms with E-state index in [1.54, 1.807) is 0 Å². The molecule has 1 rings (SSSR count). The highest BCUT2D eigenvalue weighted by Crippen LogP contribution is 2.23. The fraction of sp³-hybridized carbons (Fsp3) is 0.375. The van der Waals surface area contributed by atoms with Crippen LogP contribution in [0.1, 0.15) is 13.8 Å². The smallest absolute Gasteiger partial charge is 0.138 e. The van der Waals surface area contributed by atoms with Crippen LogP contribution in [-0.4, -0.2) is 11.5 Å². The van der Waals surface area contributed by atoms with Crippen LogP contribution in [0.4, 0.5) is 0 Å². The van der Waals surface area contributed by atoms with Gasteiger partial charge in [-0.05, 0) is 6.92 Å². The molecule has 1 aliphatic rings. The van der Waals surface area contributed by atoms with Crippen LogP contribution < -0.4 is 0 Å². The monoisotopic (exact) mass is 123 g/mol. The maximum absolute atomic E-state index is 3.99. The van der Waals surface area contributed by atoms with Gasteiger partial charge in [-0.15, -0.1) is 0 Å². The van der Waals surface area contributed by atoms with Crippen molar-refractivity contribution in [2.75, 3.05) is 7.05 Å². The zero-order valence-electron chi connectivity index (χ0n) is 6.31. The van der Waals surface area contributed by atoms with Crippen molar-refractivity contribution in [3.05, 3.63) is 30.6 Å². The number of quaternary nitrogens is 1. The molecule has 49 valence electrons. The van der Waals surface area contributed by atoms with Crippen molar-refractivity contribution in [2.45, 2.75) is 13.8 Å². The van der Waals surface area contributed by atoms with Crippen LogP contribution in [0, 0.1) is 7.05 Å². The van der Waals surface area contributed by atoms with E-state index in [0.29, 0.717) is 4.48 Å². The lowest BCUT2D eigenvalue weighted by molar-refractivity contribution is -0.769. The summed E-state index contributed by atoms with van der Waals surface area (Å²) in [5, 5.41) is 0. The van der Waals surface area contributed by atoms with Gasteiger partial charge in [-0.25, -0.2) is 0 Å². The predicted molar refractivity (Wildman–Crippen MR) is 39.1 cm³/mol. The topological polar surface area (TPSA) is 0 Å². The molecule has 1 radical (unpaired) electrons. The summed E-state index contributed by atoms with van der Waals surface area (Å²) in [4.78, 5) is 0. The van der Waals surface area contributed by atoms with Crippen LogP contribution >= 0.6 is 0 Å². The first-order chi connectivity index (χ1) is 4.02. The Labute approximate surface area is 56.9 Å². The maximum Gasteiger partial charge on any atom is 0.138 e. The summed E-state index contributed by atoms with van der Waals surface area (Å²) < 4.78 is 0.672. The van der Waals surface area contributed by atoms with Crippen LogP contribution in [0.25, 0.3) is 0 Å². The SMILES string of the molecule is [CH2][N+]1(C)C=C(C)C=C1C. The average Bonchev–Trinajstić information content (AvgIpc) is 1.79. The molecule has 0 aromatic heterocycles. The minimum Gasteiger partial charge on any atom is -0.266 e. The number of allylic oxidation sites excluding steroid dienone is 3. The van der Waals surface area contributed by atoms with E-state index in [4.69, 9.17) is 0 Å². The van der Waals surface area contributed by atoms with Crippen LogP contribution in [0.3, 0.4) is 0 Å². The maximum atomic E-state index is 3.99. The molecule has 0 amide bonds. The summed E-state index contributed by atoms with van der Waals surface area (Å²) in [5.41, 5.74) is 2.61. The van der Waals surface area contributed by atoms with Gasteiger partial charge in [0.05, 0.1) is 7.05 Å². The molecule has 0 spiro atoms. The highest BCUT2D eigenvalue weighted by molar-refractivity contribution is 5.21. The van der Waals surface area contributed by atoms with Gasteiger partial charge in [-0.2, -0.15) is 0 Å². The first-order valence-electron chi connectivity index (χ1n) is 3.11. The third kappa shape index (κ3) is 1.06. The minimum absolute atomic E-state index is 0.672. The molecule has 0 saturated heterocycles. The molecule has 0 fully saturated rings. The standard InChI is InChI=1S/C8H13N/c1-7-5-8(2)9(3,4)6-7/h5-6H,3H2,1-2,4H3/q+1. The summed E-state index contributed by atoms with van der Waals surface area (Å²) >= 11 is 0. The second-order valence-electron chi connectivity index (χ2n) is 2.93. The largest absolute Gasteiger partial charge is 0.266 e. The van der Waals surface area contributed by atoms with E-state index in [-0.39, 0.29) is 0 Å². The third-order valence-corrected chi connectivity index (χ3v) is 1.73. The first-order valence-corrected chi connectivity index (χ1v) is 3.11. The predicted octanol–water partition coefficient (Wildman–Crippen LogP) is 2.05. The Morgan fingerprint density at radius 3 is 2.11 bits per heavy atom. The van der Waals surface area contributed by atoms with Crippen LogP contribution in [-0.2, 0) is 0 Å². The molecule has 1 heterocycles. The molecule has 0 N–H and O–H groups in total. The highest BCUT2D eigenvalue weighted by Gasteiger charge is 2.21. The van der Waals surface area contributed by atoms with Gasteiger partial charge < -0.3 is 0 Å². The van der Waals surface area contributed by atoms with Crippen molar-refractivity contribution in [3.63, 3.8) is 0 Å². The second-order valence-corrected chi connectivity index (χ2v) is 2.93. The molecule has 0 aromatic carbocycles. The average molecular weight is 123 g/mol. The number of hydrogen-bond donors (Lipinski definition) is 0. The Morgan fingerprint density at radius 1 is 1.44 bits per heavy atom. The highest BCUT2D eigenvalue weighted by atomic mass is 15.3. The van der Waals surface area contributed by atoms with Gasteiger partial charge in [0.2, 0.25) is 0 Å². The second kappa shape index (κ2) is 1.71. The van der Waals surface area contributed by atoms with Gasteiger partial charge in [0.1, 0.15) is 18.9 Å². The van der Waals surface area contributed by atoms with E-state index in [1.165, 1.54) is 11.3 Å². The Hall–Kier alpha value is -0.560. The van der Waals surface area contributed by atoms with Gasteiger partial charge in [-0.1, -0.05) is 0 Å². The fourth-order valence-corrected chi connectivity index (χ4v) is 1.07. The fourth-order valence-electron chi connectivity index (χ4n) is 1.07. The lowest BCUT2D eigenvalue weighted by atomic mass is 10.3. The number of nitrogens with zero attached hydrogens (tertiary/aromatic N) is 1. The molecule has 0 aliphatic carbocycles. The Morgan fingerprint density at radius 2 is 2.00 bits per heavy atom. The van der Waals surface area contributed by atoms with Gasteiger partial charge in [-0.3, -0.25) is 4.48 Å². The molecule has 0 saturated carbocycles. The normalized spacial score (nSPS) is 23.6. The van der Waals surface area contributed by atoms with Gasteiger partial charge in [0.15, 0.2) is 0 Å². The first kappa shape index (κ1) is 6.56. The molecule has 0 bridgehead atoms. The Bertz CT molecular complexity index is 185. The summed E-state index contributed by atoms with van der Waals surface area (Å²) in [6.45, 7) is 4.19. The Kier molecular flexibility index (Phi) is 1.24. The van der Waals surface area contributed by atoms with E-state index in [2.05, 4.69) is 40.2 Å². The number of rotatable bonds is 0. The zero-order valence-corrected chi connectivity index (χ0v) is 6.31. The summed E-state index contributed by atoms with van der Waals surface area (Å²) in [7, 11) is 6.07. The molecule has 1 unspecified atom stereocenters. The van der Waals surface area contributed by atoms with Crippen LogP contribution in [0.2, 0.25) is 0 Å². The molecule has 1 heteroatoms. The van der Waals surface area contributed by atoms with Crippen LogP contribution in [0.15, 0.2) is 23.5 Å². The molecule has 0 aromatic rings.